The van der Waals surface area contributed by atoms with E-state index in [1.165, 1.54) is 43.9 Å². The molecule has 0 aliphatic heterocycles. The number of hydrogen-bond acceptors (Lipinski definition) is 3. The second-order valence-corrected chi connectivity index (χ2v) is 5.06. The number of nitrogens with two attached hydrogens (primary N) is 1. The molecular weight excluding hydrogens is 271 g/mol. The fraction of sp³-hybridized carbons (Fsp3) is 0.562. The molecule has 0 bridgehead atoms. The van der Waals surface area contributed by atoms with E-state index in [0.29, 0.717) is 18.9 Å². The van der Waals surface area contributed by atoms with Gasteiger partial charge >= 0.3 is 0 Å². The Morgan fingerprint density at radius 2 is 2.00 bits per heavy atom. The zero-order chi connectivity index (χ0) is 15.5. The lowest BCUT2D eigenvalue weighted by Crippen LogP contribution is -2.14. The second kappa shape index (κ2) is 10.2. The first kappa shape index (κ1) is 17.4. The van der Waals surface area contributed by atoms with Crippen LogP contribution in [0.3, 0.4) is 0 Å². The Balaban J connectivity index is 2.10. The standard InChI is InChI=1S/C16H25FN2O2/c1-2-3-4-5-6-10-21-11-9-16(20)19-13-7-8-14(17)15(18)12-13/h7-8,12H,2-6,9-11,18H2,1H3,(H,19,20). The topological polar surface area (TPSA) is 64.3 Å². The van der Waals surface area contributed by atoms with Gasteiger partial charge in [0.05, 0.1) is 18.7 Å². The molecule has 0 unspecified atom stereocenters. The number of carbonyl (C=O) groups is 1. The normalized spacial score (nSPS) is 10.6. The maximum absolute atomic E-state index is 13.0. The van der Waals surface area contributed by atoms with Gasteiger partial charge in [-0.15, -0.1) is 0 Å². The quantitative estimate of drug-likeness (QED) is 0.511. The van der Waals surface area contributed by atoms with E-state index in [0.717, 1.165) is 6.42 Å². The first-order valence-electron chi connectivity index (χ1n) is 7.56. The summed E-state index contributed by atoms with van der Waals surface area (Å²) in [6.45, 7) is 3.28. The van der Waals surface area contributed by atoms with E-state index in [-0.39, 0.29) is 18.0 Å². The van der Waals surface area contributed by atoms with Crippen LogP contribution in [0.4, 0.5) is 15.8 Å². The second-order valence-electron chi connectivity index (χ2n) is 5.06. The van der Waals surface area contributed by atoms with Crippen LogP contribution in [-0.4, -0.2) is 19.1 Å². The van der Waals surface area contributed by atoms with Crippen molar-refractivity contribution in [1.82, 2.24) is 0 Å². The van der Waals surface area contributed by atoms with Crippen molar-refractivity contribution in [2.45, 2.75) is 45.4 Å². The Morgan fingerprint density at radius 3 is 2.71 bits per heavy atom. The largest absolute Gasteiger partial charge is 0.396 e. The van der Waals surface area contributed by atoms with Gasteiger partial charge in [0.1, 0.15) is 5.82 Å². The summed E-state index contributed by atoms with van der Waals surface area (Å²) in [5, 5.41) is 2.66. The third-order valence-corrected chi connectivity index (χ3v) is 3.15. The zero-order valence-corrected chi connectivity index (χ0v) is 12.7. The first-order chi connectivity index (χ1) is 10.1. The van der Waals surface area contributed by atoms with Gasteiger partial charge in [0.2, 0.25) is 5.91 Å². The molecule has 118 valence electrons. The van der Waals surface area contributed by atoms with Crippen molar-refractivity contribution in [2.75, 3.05) is 24.3 Å². The van der Waals surface area contributed by atoms with Crippen molar-refractivity contribution in [2.24, 2.45) is 0 Å². The molecule has 3 N–H and O–H groups in total. The predicted molar refractivity (Wildman–Crippen MR) is 83.6 cm³/mol. The van der Waals surface area contributed by atoms with Gasteiger partial charge in [-0.25, -0.2) is 4.39 Å². The number of nitrogen functional groups attached to an aromatic ring is 1. The average Bonchev–Trinajstić information content (AvgIpc) is 2.46. The van der Waals surface area contributed by atoms with Gasteiger partial charge in [-0.1, -0.05) is 32.6 Å². The number of carbonyl (C=O) groups excluding carboxylic acids is 1. The molecule has 0 radical (unpaired) electrons. The lowest BCUT2D eigenvalue weighted by molar-refractivity contribution is -0.117. The summed E-state index contributed by atoms with van der Waals surface area (Å²) >= 11 is 0. The van der Waals surface area contributed by atoms with Gasteiger partial charge in [-0.2, -0.15) is 0 Å². The highest BCUT2D eigenvalue weighted by atomic mass is 19.1. The van der Waals surface area contributed by atoms with Crippen LogP contribution < -0.4 is 11.1 Å². The number of nitrogens with one attached hydrogen (secondary N) is 1. The van der Waals surface area contributed by atoms with E-state index in [9.17, 15) is 9.18 Å². The van der Waals surface area contributed by atoms with Crippen LogP contribution in [0.5, 0.6) is 0 Å². The molecule has 0 aliphatic rings. The summed E-state index contributed by atoms with van der Waals surface area (Å²) in [6, 6.07) is 4.12. The van der Waals surface area contributed by atoms with Gasteiger partial charge in [0, 0.05) is 12.3 Å². The Labute approximate surface area is 125 Å². The van der Waals surface area contributed by atoms with Crippen LogP contribution in [0, 0.1) is 5.82 Å². The van der Waals surface area contributed by atoms with Gasteiger partial charge in [0.15, 0.2) is 0 Å². The fourth-order valence-corrected chi connectivity index (χ4v) is 1.92. The number of unbranched alkanes of at least 4 members (excludes halogenated alkanes) is 4. The molecule has 0 spiro atoms. The van der Waals surface area contributed by atoms with E-state index >= 15 is 0 Å². The molecule has 0 atom stereocenters. The van der Waals surface area contributed by atoms with Crippen molar-refractivity contribution in [1.29, 1.82) is 0 Å². The minimum atomic E-state index is -0.487. The molecular formula is C16H25FN2O2. The highest BCUT2D eigenvalue weighted by Gasteiger charge is 2.04. The maximum atomic E-state index is 13.0. The number of benzene rings is 1. The van der Waals surface area contributed by atoms with E-state index in [1.54, 1.807) is 0 Å². The predicted octanol–water partition coefficient (Wildman–Crippen LogP) is 3.72. The molecule has 1 amide bonds. The molecule has 1 aromatic carbocycles. The van der Waals surface area contributed by atoms with E-state index < -0.39 is 5.82 Å². The summed E-state index contributed by atoms with van der Waals surface area (Å²) in [6.07, 6.45) is 6.24. The molecule has 5 heteroatoms. The molecule has 4 nitrogen and oxygen atoms in total. The maximum Gasteiger partial charge on any atom is 0.226 e. The van der Waals surface area contributed by atoms with Crippen molar-refractivity contribution in [3.05, 3.63) is 24.0 Å². The molecule has 21 heavy (non-hydrogen) atoms. The number of halogens is 1. The Kier molecular flexibility index (Phi) is 8.43. The Hall–Kier alpha value is -1.62. The van der Waals surface area contributed by atoms with Crippen LogP contribution in [-0.2, 0) is 9.53 Å². The van der Waals surface area contributed by atoms with E-state index in [4.69, 9.17) is 10.5 Å². The molecule has 0 fully saturated rings. The lowest BCUT2D eigenvalue weighted by Gasteiger charge is -2.07. The molecule has 0 saturated carbocycles. The van der Waals surface area contributed by atoms with Crippen molar-refractivity contribution >= 4 is 17.3 Å². The molecule has 1 aromatic rings. The average molecular weight is 296 g/mol. The summed E-state index contributed by atoms with van der Waals surface area (Å²) in [4.78, 5) is 11.7. The lowest BCUT2D eigenvalue weighted by atomic mass is 10.2. The van der Waals surface area contributed by atoms with E-state index in [1.807, 2.05) is 0 Å². The van der Waals surface area contributed by atoms with E-state index in [2.05, 4.69) is 12.2 Å². The van der Waals surface area contributed by atoms with Crippen LogP contribution in [0.15, 0.2) is 18.2 Å². The van der Waals surface area contributed by atoms with Gasteiger partial charge in [-0.3, -0.25) is 4.79 Å². The number of rotatable bonds is 10. The molecule has 1 rings (SSSR count). The van der Waals surface area contributed by atoms with Crippen LogP contribution in [0.2, 0.25) is 0 Å². The summed E-state index contributed by atoms with van der Waals surface area (Å²) < 4.78 is 18.4. The summed E-state index contributed by atoms with van der Waals surface area (Å²) in [7, 11) is 0. The SMILES string of the molecule is CCCCCCCOCCC(=O)Nc1ccc(F)c(N)c1. The fourth-order valence-electron chi connectivity index (χ4n) is 1.92. The molecule has 0 saturated heterocycles. The van der Waals surface area contributed by atoms with Crippen LogP contribution in [0.1, 0.15) is 45.4 Å². The molecule has 0 heterocycles. The summed E-state index contributed by atoms with van der Waals surface area (Å²) in [5.41, 5.74) is 5.96. The number of hydrogen-bond donors (Lipinski definition) is 2. The number of ether oxygens (including phenoxy) is 1. The van der Waals surface area contributed by atoms with Crippen molar-refractivity contribution in [3.8, 4) is 0 Å². The van der Waals surface area contributed by atoms with Gasteiger partial charge in [-0.05, 0) is 24.6 Å². The Bertz CT molecular complexity index is 438. The van der Waals surface area contributed by atoms with Gasteiger partial charge < -0.3 is 15.8 Å². The zero-order valence-electron chi connectivity index (χ0n) is 12.7. The highest BCUT2D eigenvalue weighted by Crippen LogP contribution is 2.16. The van der Waals surface area contributed by atoms with Crippen LogP contribution >= 0.6 is 0 Å². The smallest absolute Gasteiger partial charge is 0.226 e. The van der Waals surface area contributed by atoms with Crippen molar-refractivity contribution in [3.63, 3.8) is 0 Å². The Morgan fingerprint density at radius 1 is 1.24 bits per heavy atom. The highest BCUT2D eigenvalue weighted by molar-refractivity contribution is 5.91. The third kappa shape index (κ3) is 7.66. The molecule has 0 aliphatic carbocycles. The van der Waals surface area contributed by atoms with Gasteiger partial charge in [0.25, 0.3) is 0 Å². The third-order valence-electron chi connectivity index (χ3n) is 3.15. The summed E-state index contributed by atoms with van der Waals surface area (Å²) in [5.74, 6) is -0.647. The van der Waals surface area contributed by atoms with Crippen molar-refractivity contribution < 1.29 is 13.9 Å². The van der Waals surface area contributed by atoms with Crippen LogP contribution in [0.25, 0.3) is 0 Å². The number of amides is 1. The minimum absolute atomic E-state index is 0.0242. The first-order valence-corrected chi connectivity index (χ1v) is 7.56. The molecule has 0 aromatic heterocycles. The minimum Gasteiger partial charge on any atom is -0.396 e. The number of anilines is 2. The monoisotopic (exact) mass is 296 g/mol.